The van der Waals surface area contributed by atoms with Gasteiger partial charge in [-0.05, 0) is 95.2 Å². The van der Waals surface area contributed by atoms with Gasteiger partial charge < -0.3 is 98.4 Å². The van der Waals surface area contributed by atoms with E-state index in [2.05, 4.69) is 52.8 Å². The third-order valence-corrected chi connectivity index (χ3v) is 23.3. The summed E-state index contributed by atoms with van der Waals surface area (Å²) < 4.78 is 0. The number of primary amides is 1. The second-order valence-electron chi connectivity index (χ2n) is 32.0. The molecule has 5 aromatic carbocycles. The molecule has 11 atom stereocenters. The highest BCUT2D eigenvalue weighted by atomic mass is 32.2. The molecule has 2 aliphatic rings. The Kier molecular flexibility index (Phi) is 36.7. The first kappa shape index (κ1) is 97.9. The van der Waals surface area contributed by atoms with Gasteiger partial charge in [-0.1, -0.05) is 145 Å². The molecular formula is C88H114N16O19S2. The molecule has 15 N–H and O–H groups in total. The number of H-pyrrole nitrogens is 1. The van der Waals surface area contributed by atoms with Gasteiger partial charge in [0.1, 0.15) is 84.5 Å². The number of thioether (sulfide) groups is 2. The van der Waals surface area contributed by atoms with Gasteiger partial charge in [0.25, 0.3) is 0 Å². The molecule has 0 radical (unpaired) electrons. The lowest BCUT2D eigenvalue weighted by atomic mass is 9.95. The third-order valence-electron chi connectivity index (χ3n) is 21.6. The van der Waals surface area contributed by atoms with Gasteiger partial charge in [0, 0.05) is 89.2 Å². The van der Waals surface area contributed by atoms with Crippen molar-refractivity contribution in [1.82, 2.24) is 72.4 Å². The average Bonchev–Trinajstić information content (AvgIpc) is 1.46. The van der Waals surface area contributed by atoms with E-state index in [1.54, 1.807) is 125 Å². The summed E-state index contributed by atoms with van der Waals surface area (Å²) in [6.07, 6.45) is 2.17. The van der Waals surface area contributed by atoms with Gasteiger partial charge >= 0.3 is 5.97 Å². The fourth-order valence-electron chi connectivity index (χ4n) is 14.8. The zero-order valence-corrected chi connectivity index (χ0v) is 73.4. The van der Waals surface area contributed by atoms with Crippen molar-refractivity contribution >= 4 is 135 Å². The van der Waals surface area contributed by atoms with Crippen LogP contribution in [0.1, 0.15) is 101 Å². The maximum absolute atomic E-state index is 15.4. The average molecular weight is 1760 g/mol. The summed E-state index contributed by atoms with van der Waals surface area (Å²) in [5.74, 6) is -17.1. The van der Waals surface area contributed by atoms with Crippen LogP contribution in [0.3, 0.4) is 0 Å². The molecule has 6 aromatic rings. The Morgan fingerprint density at radius 2 is 1.11 bits per heavy atom. The van der Waals surface area contributed by atoms with E-state index in [9.17, 15) is 53.7 Å². The highest BCUT2D eigenvalue weighted by Crippen LogP contribution is 2.32. The van der Waals surface area contributed by atoms with Crippen LogP contribution < -0.4 is 58.5 Å². The maximum atomic E-state index is 15.4. The molecule has 0 unspecified atom stereocenters. The molecule has 1 saturated heterocycles. The molecular weight excluding hydrogens is 1650 g/mol. The Bertz CT molecular complexity index is 4850. The minimum atomic E-state index is -1.89. The van der Waals surface area contributed by atoms with Crippen molar-refractivity contribution in [2.75, 3.05) is 76.2 Å². The molecule has 1 aromatic heterocycles. The number of phenolic OH excluding ortho intramolecular Hbond substituents is 2. The number of carboxylic acids is 1. The van der Waals surface area contributed by atoms with Gasteiger partial charge in [0.2, 0.25) is 88.6 Å². The number of aliphatic carboxylic acids is 1. The number of anilines is 1. The molecule has 3 heterocycles. The molecule has 0 saturated carbocycles. The van der Waals surface area contributed by atoms with E-state index < -0.39 is 199 Å². The van der Waals surface area contributed by atoms with Gasteiger partial charge in [0.05, 0.1) is 31.0 Å². The molecule has 1 fully saturated rings. The Morgan fingerprint density at radius 1 is 0.552 bits per heavy atom. The first-order valence-corrected chi connectivity index (χ1v) is 43.8. The van der Waals surface area contributed by atoms with Crippen molar-refractivity contribution in [1.29, 1.82) is 0 Å². The van der Waals surface area contributed by atoms with Crippen molar-refractivity contribution in [3.05, 3.63) is 161 Å². The normalized spacial score (nSPS) is 22.5. The largest absolute Gasteiger partial charge is 0.508 e. The molecule has 15 amide bonds. The van der Waals surface area contributed by atoms with E-state index in [0.29, 0.717) is 57.3 Å². The lowest BCUT2D eigenvalue weighted by Gasteiger charge is -2.37. The first-order valence-electron chi connectivity index (χ1n) is 41.3. The fourth-order valence-corrected chi connectivity index (χ4v) is 16.1. The number of benzene rings is 5. The van der Waals surface area contributed by atoms with Crippen LogP contribution in [0.25, 0.3) is 10.9 Å². The Morgan fingerprint density at radius 3 is 1.74 bits per heavy atom. The summed E-state index contributed by atoms with van der Waals surface area (Å²) in [5.41, 5.74) is 8.50. The van der Waals surface area contributed by atoms with Crippen LogP contribution in [0.4, 0.5) is 5.69 Å². The molecule has 2 bridgehead atoms. The topological polar surface area (TPSA) is 500 Å². The third kappa shape index (κ3) is 28.2. The molecule has 672 valence electrons. The summed E-state index contributed by atoms with van der Waals surface area (Å²) in [7, 11) is 5.30. The van der Waals surface area contributed by atoms with Gasteiger partial charge in [-0.2, -0.15) is 11.8 Å². The molecule has 0 spiro atoms. The van der Waals surface area contributed by atoms with Crippen LogP contribution in [0.15, 0.2) is 134 Å². The summed E-state index contributed by atoms with van der Waals surface area (Å²) in [4.78, 5) is 242. The van der Waals surface area contributed by atoms with Crippen molar-refractivity contribution in [2.24, 2.45) is 17.6 Å². The molecule has 37 heteroatoms. The number of aromatic hydroxyl groups is 2. The molecule has 2 aliphatic heterocycles. The van der Waals surface area contributed by atoms with Crippen molar-refractivity contribution in [3.63, 3.8) is 0 Å². The number of phenols is 2. The van der Waals surface area contributed by atoms with Crippen LogP contribution in [0, 0.1) is 11.8 Å². The summed E-state index contributed by atoms with van der Waals surface area (Å²) in [6, 6.07) is 17.3. The van der Waals surface area contributed by atoms with Gasteiger partial charge in [0.15, 0.2) is 0 Å². The van der Waals surface area contributed by atoms with Gasteiger partial charge in [-0.3, -0.25) is 76.7 Å². The molecule has 35 nitrogen and oxygen atoms in total. The van der Waals surface area contributed by atoms with E-state index in [-0.39, 0.29) is 80.2 Å². The Hall–Kier alpha value is -12.5. The lowest BCUT2D eigenvalue weighted by Crippen LogP contribution is -2.62. The summed E-state index contributed by atoms with van der Waals surface area (Å²) >= 11 is 2.20. The van der Waals surface area contributed by atoms with Crippen LogP contribution in [-0.2, 0) is 109 Å². The fraction of sp³-hybridized carbons (Fsp3) is 0.455. The minimum absolute atomic E-state index is 0.0377. The number of hydrogen-bond acceptors (Lipinski definition) is 20. The van der Waals surface area contributed by atoms with E-state index in [0.717, 1.165) is 26.5 Å². The van der Waals surface area contributed by atoms with Crippen molar-refractivity contribution < 1.29 is 92.0 Å². The van der Waals surface area contributed by atoms with Crippen LogP contribution in [0.2, 0.25) is 0 Å². The number of hydrogen-bond donors (Lipinski definition) is 14. The SMILES string of the molecule is CCCC[C@H]1C(=O)N(C)CC(=O)N[C@@H](CC(=O)O)C(=O)N[C@@H](C(C)C)C(=O)N(C)[C@@H](Cc2ccccc2)C(=O)N[C@H]2Cc3ccc(O)cc3N(CC(=O)N[C@@H](Cc3c[nH]c4ccccc34)C(=O)N[C@@H](Cc3ccc(O)cc3)C(=O)N[C@@H](CC(C)C)C(=O)N[C@H](C(=O)NCC(N)=O)CSCC(=O)N[C@@H](CCSC)C(=O)N(C)[C@@H](Cc3ccccc3)C(=O)N1C)C2=O. The number of amides is 15. The number of aromatic nitrogens is 1. The highest BCUT2D eigenvalue weighted by molar-refractivity contribution is 8.00. The highest BCUT2D eigenvalue weighted by Gasteiger charge is 2.44. The van der Waals surface area contributed by atoms with Crippen molar-refractivity contribution in [2.45, 2.75) is 172 Å². The second-order valence-corrected chi connectivity index (χ2v) is 34.0. The number of carbonyl (C=O) groups is 16. The number of aromatic amines is 1. The first-order chi connectivity index (χ1) is 59.4. The molecule has 8 rings (SSSR count). The van der Waals surface area contributed by atoms with E-state index in [4.69, 9.17) is 5.73 Å². The van der Waals surface area contributed by atoms with Crippen LogP contribution in [-0.4, -0.2) is 272 Å². The number of nitrogens with one attached hydrogen (secondary N) is 10. The standard InChI is InChI=1S/C88H114N16O19S2/c1-11-12-27-68-86(121)100(6)46-73(108)94-65(43-76(111)112)82(117)99-77(51(4)5)88(123)102(8)70(38-52-21-15-13-16-22-52)83(118)97-66-40-55-30-33-58(106)42-69(55)104(85(66)120)47-74(109)93-64(41-56-44-90-60-26-20-19-25-59(56)60)81(116)96-63(37-54-28-31-57(105)32-29-54)80(115)95-62(36-50(2)3)79(114)98-67(78(113)91-45-72(89)107)48-125-49-75(110)92-61(34-35-124-10)84(119)103(9)71(87(122)101(68)7)39-53-23-17-14-18-24-53/h13-26,28-33,42,44,50-51,61-68,70-71,77,90,105-106H,11-12,27,34-41,43,45-49H2,1-10H3,(H2,89,107)(H,91,113)(H,92,110)(H,93,109)(H,94,108)(H,95,115)(H,96,116)(H,97,118)(H,98,114)(H,99,117)(H,111,112)/t61-,62-,63-,64-,65-,66-,67-,68-,70-,71-,77-/m0/s1. The lowest BCUT2D eigenvalue weighted by molar-refractivity contribution is -0.151. The number of unbranched alkanes of at least 4 members (excludes halogenated alkanes) is 1. The summed E-state index contributed by atoms with van der Waals surface area (Å²) in [6.45, 7) is 6.12. The van der Waals surface area contributed by atoms with E-state index in [1.165, 1.54) is 92.2 Å². The predicted octanol–water partition coefficient (Wildman–Crippen LogP) is 1.73. The monoisotopic (exact) mass is 1760 g/mol. The number of carboxylic acid groups (broad SMARTS) is 1. The Balaban J connectivity index is 1.20. The maximum Gasteiger partial charge on any atom is 0.305 e. The van der Waals surface area contributed by atoms with Crippen molar-refractivity contribution in [3.8, 4) is 11.5 Å². The minimum Gasteiger partial charge on any atom is -0.508 e. The number of nitrogens with zero attached hydrogens (tertiary/aromatic N) is 5. The number of fused-ring (bicyclic) bond motifs is 5. The van der Waals surface area contributed by atoms with E-state index >= 15 is 38.4 Å². The molecule has 0 aliphatic carbocycles. The van der Waals surface area contributed by atoms with E-state index in [1.807, 2.05) is 6.92 Å². The molecule has 125 heavy (non-hydrogen) atoms. The zero-order chi connectivity index (χ0) is 91.5. The number of nitrogens with two attached hydrogens (primary N) is 1. The number of likely N-dealkylation sites (N-methyl/N-ethyl adjacent to an activating group) is 4. The Labute approximate surface area is 733 Å². The number of rotatable bonds is 22. The van der Waals surface area contributed by atoms with Gasteiger partial charge in [-0.25, -0.2) is 0 Å². The predicted molar refractivity (Wildman–Crippen MR) is 470 cm³/mol. The second kappa shape index (κ2) is 46.8. The smallest absolute Gasteiger partial charge is 0.305 e. The zero-order valence-electron chi connectivity index (χ0n) is 71.7. The van der Waals surface area contributed by atoms with Gasteiger partial charge in [-0.15, -0.1) is 11.8 Å². The van der Waals surface area contributed by atoms with Crippen LogP contribution >= 0.6 is 23.5 Å². The number of para-hydroxylation sites is 1. The number of carbonyl (C=O) groups excluding carboxylic acids is 15. The van der Waals surface area contributed by atoms with Crippen LogP contribution in [0.5, 0.6) is 11.5 Å². The quantitative estimate of drug-likeness (QED) is 0.0460. The summed E-state index contributed by atoms with van der Waals surface area (Å²) in [5, 5.41) is 56.1.